The van der Waals surface area contributed by atoms with Gasteiger partial charge < -0.3 is 9.88 Å². The number of hydrogen-bond donors (Lipinski definition) is 1. The van der Waals surface area contributed by atoms with Crippen LogP contribution in [0.2, 0.25) is 5.02 Å². The van der Waals surface area contributed by atoms with Gasteiger partial charge >= 0.3 is 0 Å². The Balaban J connectivity index is 0.00000144. The summed E-state index contributed by atoms with van der Waals surface area (Å²) in [5.41, 5.74) is 0.894. The molecule has 35 heavy (non-hydrogen) atoms. The van der Waals surface area contributed by atoms with Crippen molar-refractivity contribution in [2.45, 2.75) is 18.6 Å². The lowest BCUT2D eigenvalue weighted by Gasteiger charge is -2.27. The first-order valence-corrected chi connectivity index (χ1v) is 10.5. The van der Waals surface area contributed by atoms with Crippen molar-refractivity contribution in [1.29, 1.82) is 0 Å². The fourth-order valence-electron chi connectivity index (χ4n) is 4.36. The summed E-state index contributed by atoms with van der Waals surface area (Å²) in [6.07, 6.45) is 3.24. The molecule has 1 saturated heterocycles. The standard InChI is InChI=1S/C21H15ClF2N8O.2H2S/c22-14-4-5-31-17(14)21(33)32(13-3-1-2-11(23)6-13)19(29-31)15-7-12(24)8-30(15)20-16-18(26-9-25-16)27-10-28-20;;/h1-6,9-10,12,15H,7-8H2,(H,25,26,27,28);2*1H2/t12-,15-;;/m0../s1. The van der Waals surface area contributed by atoms with Crippen molar-refractivity contribution >= 4 is 61.1 Å². The fraction of sp³-hybridized carbons (Fsp3) is 0.190. The number of imidazole rings is 1. The van der Waals surface area contributed by atoms with Gasteiger partial charge in [0.2, 0.25) is 0 Å². The average molecular weight is 537 g/mol. The molecule has 0 radical (unpaired) electrons. The molecule has 9 nitrogen and oxygen atoms in total. The molecule has 1 aromatic carbocycles. The van der Waals surface area contributed by atoms with Crippen molar-refractivity contribution in [1.82, 2.24) is 34.1 Å². The first kappa shape index (κ1) is 24.9. The van der Waals surface area contributed by atoms with E-state index >= 15 is 0 Å². The minimum atomic E-state index is -1.20. The van der Waals surface area contributed by atoms with E-state index in [2.05, 4.69) is 25.0 Å². The van der Waals surface area contributed by atoms with Crippen LogP contribution < -0.4 is 10.5 Å². The number of aromatic nitrogens is 7. The summed E-state index contributed by atoms with van der Waals surface area (Å²) < 4.78 is 31.6. The topological polar surface area (TPSA) is 97.0 Å². The molecule has 0 spiro atoms. The molecule has 0 bridgehead atoms. The van der Waals surface area contributed by atoms with E-state index in [9.17, 15) is 13.6 Å². The van der Waals surface area contributed by atoms with Crippen LogP contribution in [0.25, 0.3) is 22.4 Å². The van der Waals surface area contributed by atoms with E-state index in [0.717, 1.165) is 0 Å². The summed E-state index contributed by atoms with van der Waals surface area (Å²) in [5.74, 6) is 0.151. The smallest absolute Gasteiger partial charge is 0.284 e. The average Bonchev–Trinajstić information content (AvgIpc) is 3.51. The molecular formula is C21H19ClF2N8OS2. The van der Waals surface area contributed by atoms with Crippen molar-refractivity contribution in [3.05, 3.63) is 76.2 Å². The van der Waals surface area contributed by atoms with Crippen LogP contribution in [0.15, 0.2) is 54.0 Å². The summed E-state index contributed by atoms with van der Waals surface area (Å²) in [6, 6.07) is 6.46. The predicted octanol–water partition coefficient (Wildman–Crippen LogP) is 3.46. The van der Waals surface area contributed by atoms with Crippen LogP contribution in [-0.2, 0) is 0 Å². The SMILES string of the molecule is O=c1c2c(Cl)ccn2nc([C@@H]2C[C@H](F)CN2c2ncnc3nc[nH]c23)n1-c1cccc(F)c1.S.S. The van der Waals surface area contributed by atoms with Crippen LogP contribution in [0.4, 0.5) is 14.6 Å². The van der Waals surface area contributed by atoms with Crippen molar-refractivity contribution in [3.8, 4) is 5.69 Å². The third-order valence-electron chi connectivity index (χ3n) is 5.75. The highest BCUT2D eigenvalue weighted by atomic mass is 35.5. The van der Waals surface area contributed by atoms with Gasteiger partial charge in [0.15, 0.2) is 17.3 Å². The molecule has 2 atom stereocenters. The number of alkyl halides is 1. The zero-order valence-electron chi connectivity index (χ0n) is 17.9. The summed E-state index contributed by atoms with van der Waals surface area (Å²) in [6.45, 7) is 0.0271. The maximum Gasteiger partial charge on any atom is 0.284 e. The molecule has 0 amide bonds. The molecular weight excluding hydrogens is 518 g/mol. The van der Waals surface area contributed by atoms with E-state index in [-0.39, 0.29) is 62.0 Å². The number of halogens is 3. The molecule has 0 unspecified atom stereocenters. The van der Waals surface area contributed by atoms with Gasteiger partial charge in [-0.1, -0.05) is 17.7 Å². The number of H-pyrrole nitrogens is 1. The van der Waals surface area contributed by atoms with Crippen LogP contribution >= 0.6 is 38.6 Å². The maximum atomic E-state index is 14.8. The van der Waals surface area contributed by atoms with Crippen LogP contribution in [0.5, 0.6) is 0 Å². The van der Waals surface area contributed by atoms with Crippen LogP contribution in [0.1, 0.15) is 18.3 Å². The van der Waals surface area contributed by atoms with Gasteiger partial charge in [0.25, 0.3) is 5.56 Å². The van der Waals surface area contributed by atoms with Crippen molar-refractivity contribution in [2.24, 2.45) is 0 Å². The second kappa shape index (κ2) is 9.47. The fourth-order valence-corrected chi connectivity index (χ4v) is 4.59. The molecule has 1 N–H and O–H groups in total. The zero-order chi connectivity index (χ0) is 22.7. The monoisotopic (exact) mass is 536 g/mol. The van der Waals surface area contributed by atoms with E-state index < -0.39 is 23.6 Å². The molecule has 14 heteroatoms. The van der Waals surface area contributed by atoms with Gasteiger partial charge in [0, 0.05) is 12.6 Å². The van der Waals surface area contributed by atoms with Gasteiger partial charge in [0.1, 0.15) is 29.3 Å². The quantitative estimate of drug-likeness (QED) is 0.379. The number of anilines is 1. The number of rotatable bonds is 3. The highest BCUT2D eigenvalue weighted by Crippen LogP contribution is 2.38. The Kier molecular flexibility index (Phi) is 6.75. The van der Waals surface area contributed by atoms with Gasteiger partial charge in [-0.15, -0.1) is 0 Å². The van der Waals surface area contributed by atoms with Crippen LogP contribution in [0, 0.1) is 5.82 Å². The molecule has 182 valence electrons. The van der Waals surface area contributed by atoms with Gasteiger partial charge in [-0.05, 0) is 24.3 Å². The molecule has 5 heterocycles. The highest BCUT2D eigenvalue weighted by molar-refractivity contribution is 7.59. The first-order valence-electron chi connectivity index (χ1n) is 10.1. The van der Waals surface area contributed by atoms with E-state index in [4.69, 9.17) is 11.6 Å². The minimum Gasteiger partial charge on any atom is -0.341 e. The van der Waals surface area contributed by atoms with Gasteiger partial charge in [-0.2, -0.15) is 32.1 Å². The summed E-state index contributed by atoms with van der Waals surface area (Å²) in [4.78, 5) is 30.9. The molecule has 6 rings (SSSR count). The zero-order valence-corrected chi connectivity index (χ0v) is 20.6. The lowest BCUT2D eigenvalue weighted by atomic mass is 10.1. The van der Waals surface area contributed by atoms with Gasteiger partial charge in [-0.25, -0.2) is 28.2 Å². The number of fused-ring (bicyclic) bond motifs is 2. The Labute approximate surface area is 215 Å². The molecule has 1 fully saturated rings. The molecule has 0 aliphatic carbocycles. The summed E-state index contributed by atoms with van der Waals surface area (Å²) >= 11 is 6.23. The Morgan fingerprint density at radius 1 is 1.14 bits per heavy atom. The van der Waals surface area contributed by atoms with E-state index in [1.807, 2.05) is 0 Å². The highest BCUT2D eigenvalue weighted by Gasteiger charge is 2.39. The lowest BCUT2D eigenvalue weighted by molar-refractivity contribution is 0.354. The maximum absolute atomic E-state index is 14.8. The predicted molar refractivity (Wildman–Crippen MR) is 138 cm³/mol. The van der Waals surface area contributed by atoms with Gasteiger partial charge in [-0.3, -0.25) is 9.36 Å². The van der Waals surface area contributed by atoms with Crippen LogP contribution in [0.3, 0.4) is 0 Å². The molecule has 0 saturated carbocycles. The van der Waals surface area contributed by atoms with Crippen LogP contribution in [-0.4, -0.2) is 46.8 Å². The minimum absolute atomic E-state index is 0. The number of aromatic amines is 1. The van der Waals surface area contributed by atoms with Crippen molar-refractivity contribution < 1.29 is 8.78 Å². The number of nitrogens with one attached hydrogen (secondary N) is 1. The van der Waals surface area contributed by atoms with E-state index in [1.54, 1.807) is 23.2 Å². The number of benzene rings is 1. The largest absolute Gasteiger partial charge is 0.341 e. The van der Waals surface area contributed by atoms with E-state index in [1.165, 1.54) is 39.9 Å². The molecule has 1 aliphatic heterocycles. The Morgan fingerprint density at radius 3 is 2.77 bits per heavy atom. The normalized spacial score (nSPS) is 17.5. The van der Waals surface area contributed by atoms with E-state index in [0.29, 0.717) is 17.0 Å². The first-order chi connectivity index (χ1) is 16.0. The third kappa shape index (κ3) is 4.02. The van der Waals surface area contributed by atoms with Gasteiger partial charge in [0.05, 0.1) is 29.6 Å². The Bertz CT molecular complexity index is 1590. The number of nitrogens with zero attached hydrogens (tertiary/aromatic N) is 7. The van der Waals surface area contributed by atoms with Crippen molar-refractivity contribution in [2.75, 3.05) is 11.4 Å². The second-order valence-electron chi connectivity index (χ2n) is 7.74. The Hall–Kier alpha value is -3.16. The number of hydrogen-bond acceptors (Lipinski definition) is 6. The molecule has 1 aliphatic rings. The van der Waals surface area contributed by atoms with Crippen molar-refractivity contribution in [3.63, 3.8) is 0 Å². The molecule has 4 aromatic heterocycles. The summed E-state index contributed by atoms with van der Waals surface area (Å²) in [7, 11) is 0. The Morgan fingerprint density at radius 2 is 1.97 bits per heavy atom. The second-order valence-corrected chi connectivity index (χ2v) is 8.14. The third-order valence-corrected chi connectivity index (χ3v) is 6.06. The molecule has 5 aromatic rings. The summed E-state index contributed by atoms with van der Waals surface area (Å²) in [5, 5.41) is 4.83. The lowest BCUT2D eigenvalue weighted by Crippen LogP contribution is -2.33.